The zero-order chi connectivity index (χ0) is 20.1. The maximum absolute atomic E-state index is 8.40. The van der Waals surface area contributed by atoms with Crippen LogP contribution in [0.4, 0.5) is 0 Å². The Morgan fingerprint density at radius 3 is 2.28 bits per heavy atom. The Kier molecular flexibility index (Phi) is 7.83. The van der Waals surface area contributed by atoms with Crippen molar-refractivity contribution in [2.75, 3.05) is 0 Å². The van der Waals surface area contributed by atoms with E-state index in [1.54, 1.807) is 0 Å². The van der Waals surface area contributed by atoms with Crippen LogP contribution in [0.15, 0.2) is 78.7 Å². The number of aliphatic hydroxyl groups is 1. The van der Waals surface area contributed by atoms with Crippen molar-refractivity contribution in [3.05, 3.63) is 90.3 Å². The minimum absolute atomic E-state index is 0. The molecule has 4 aromatic rings. The van der Waals surface area contributed by atoms with Crippen molar-refractivity contribution in [2.45, 2.75) is 20.8 Å². The third-order valence-electron chi connectivity index (χ3n) is 4.40. The van der Waals surface area contributed by atoms with Gasteiger partial charge in [-0.25, -0.2) is 0 Å². The van der Waals surface area contributed by atoms with Gasteiger partial charge in [0.15, 0.2) is 0 Å². The zero-order valence-electron chi connectivity index (χ0n) is 16.6. The average Bonchev–Trinajstić information content (AvgIpc) is 2.68. The summed E-state index contributed by atoms with van der Waals surface area (Å²) in [5.41, 5.74) is 3.34. The van der Waals surface area contributed by atoms with E-state index >= 15 is 0 Å². The number of aryl methyl sites for hydroxylation is 1. The number of allylic oxidation sites excluding steroid dienone is 2. The fourth-order valence-electron chi connectivity index (χ4n) is 3.24. The van der Waals surface area contributed by atoms with Crippen LogP contribution in [0.3, 0.4) is 0 Å². The van der Waals surface area contributed by atoms with E-state index in [4.69, 9.17) is 9.90 Å². The number of aliphatic hydroxyl groups excluding tert-OH is 1. The summed E-state index contributed by atoms with van der Waals surface area (Å²) in [5, 5.41) is 13.4. The Hall–Kier alpha value is -2.81. The van der Waals surface area contributed by atoms with Crippen LogP contribution in [0.1, 0.15) is 19.4 Å². The Morgan fingerprint density at radius 2 is 1.66 bits per heavy atom. The third-order valence-corrected chi connectivity index (χ3v) is 4.40. The van der Waals surface area contributed by atoms with E-state index in [1.165, 1.54) is 47.0 Å². The van der Waals surface area contributed by atoms with E-state index in [-0.39, 0.29) is 31.6 Å². The SMILES string of the molecule is CC(=[OH+])/C=C(/C)O.Cc1cccc2c1ccc1c(-c3[c-]cccc3)nccc12.[Ir]. The van der Waals surface area contributed by atoms with Crippen LogP contribution in [0, 0.1) is 13.0 Å². The Bertz CT molecular complexity index is 1160. The van der Waals surface area contributed by atoms with E-state index in [0.717, 1.165) is 11.3 Å². The van der Waals surface area contributed by atoms with E-state index in [1.807, 2.05) is 24.4 Å². The normalized spacial score (nSPS) is 10.8. The molecule has 2 N–H and O–H groups in total. The van der Waals surface area contributed by atoms with Crippen molar-refractivity contribution in [3.63, 3.8) is 0 Å². The molecule has 1 radical (unpaired) electrons. The molecule has 0 aliphatic carbocycles. The second-order valence-corrected chi connectivity index (χ2v) is 6.69. The van der Waals surface area contributed by atoms with Gasteiger partial charge in [0.1, 0.15) is 0 Å². The number of benzene rings is 3. The number of rotatable bonds is 2. The molecule has 0 spiro atoms. The summed E-state index contributed by atoms with van der Waals surface area (Å²) in [6, 6.07) is 24.2. The van der Waals surface area contributed by atoms with Crippen LogP contribution in [-0.4, -0.2) is 20.7 Å². The van der Waals surface area contributed by atoms with Gasteiger partial charge < -0.3 is 10.1 Å². The summed E-state index contributed by atoms with van der Waals surface area (Å²) >= 11 is 0. The summed E-state index contributed by atoms with van der Waals surface area (Å²) in [6.07, 6.45) is 3.17. The predicted octanol–water partition coefficient (Wildman–Crippen LogP) is 6.17. The van der Waals surface area contributed by atoms with Gasteiger partial charge in [0.05, 0.1) is 18.8 Å². The number of hydrogen-bond donors (Lipinski definition) is 1. The number of hydrogen-bond acceptors (Lipinski definition) is 2. The number of aromatic nitrogens is 1. The van der Waals surface area contributed by atoms with Crippen molar-refractivity contribution < 1.29 is 30.0 Å². The molecule has 1 heterocycles. The molecular weight excluding hydrogens is 538 g/mol. The zero-order valence-corrected chi connectivity index (χ0v) is 19.0. The maximum atomic E-state index is 8.40. The van der Waals surface area contributed by atoms with Crippen LogP contribution in [0.2, 0.25) is 0 Å². The third kappa shape index (κ3) is 5.38. The monoisotopic (exact) mass is 562 g/mol. The fourth-order valence-corrected chi connectivity index (χ4v) is 3.24. The molecule has 0 bridgehead atoms. The van der Waals surface area contributed by atoms with E-state index in [2.05, 4.69) is 60.4 Å². The van der Waals surface area contributed by atoms with Crippen molar-refractivity contribution in [1.29, 1.82) is 0 Å². The molecule has 1 aromatic heterocycles. The van der Waals surface area contributed by atoms with Crippen molar-refractivity contribution in [3.8, 4) is 11.3 Å². The van der Waals surface area contributed by atoms with Crippen LogP contribution < -0.4 is 0 Å². The summed E-state index contributed by atoms with van der Waals surface area (Å²) in [6.45, 7) is 5.15. The molecule has 0 saturated carbocycles. The van der Waals surface area contributed by atoms with E-state index < -0.39 is 0 Å². The van der Waals surface area contributed by atoms with Gasteiger partial charge in [-0.1, -0.05) is 30.3 Å². The average molecular weight is 562 g/mol. The van der Waals surface area contributed by atoms with Gasteiger partial charge >= 0.3 is 5.78 Å². The van der Waals surface area contributed by atoms with Crippen molar-refractivity contribution >= 4 is 27.3 Å². The molecule has 0 unspecified atom stereocenters. The Morgan fingerprint density at radius 1 is 0.931 bits per heavy atom. The summed E-state index contributed by atoms with van der Waals surface area (Å²) < 4.78 is 0. The fraction of sp³-hybridized carbons (Fsp3) is 0.120. The molecular formula is C25H23IrNO2. The van der Waals surface area contributed by atoms with Crippen LogP contribution >= 0.6 is 0 Å². The first-order chi connectivity index (χ1) is 13.5. The van der Waals surface area contributed by atoms with Gasteiger partial charge in [-0.05, 0) is 52.7 Å². The van der Waals surface area contributed by atoms with Crippen molar-refractivity contribution in [1.82, 2.24) is 4.98 Å². The topological polar surface area (TPSA) is 54.5 Å². The first-order valence-corrected chi connectivity index (χ1v) is 9.11. The standard InChI is InChI=1S/C20H14N.C5H8O2.Ir/c1-14-6-5-9-17-16(14)10-11-19-18(17)12-13-21-20(19)15-7-3-2-4-8-15;1-4(6)3-5(2)7;/h2-7,9-13H,1H3;3,6H,1-2H3;/q-1;;/p+1/b;4-3-;. The molecule has 149 valence electrons. The van der Waals surface area contributed by atoms with Gasteiger partial charge in [0.2, 0.25) is 0 Å². The molecule has 0 aliphatic rings. The van der Waals surface area contributed by atoms with Gasteiger partial charge in [0.25, 0.3) is 0 Å². The molecule has 0 fully saturated rings. The maximum Gasteiger partial charge on any atom is 0.316 e. The number of fused-ring (bicyclic) bond motifs is 3. The number of nitrogens with zero attached hydrogens (tertiary/aromatic N) is 1. The van der Waals surface area contributed by atoms with Crippen molar-refractivity contribution in [2.24, 2.45) is 0 Å². The Balaban J connectivity index is 0.000000327. The van der Waals surface area contributed by atoms with E-state index in [0.29, 0.717) is 0 Å². The largest absolute Gasteiger partial charge is 0.512 e. The van der Waals surface area contributed by atoms with Crippen LogP contribution in [-0.2, 0) is 20.1 Å². The summed E-state index contributed by atoms with van der Waals surface area (Å²) in [7, 11) is 0. The molecule has 3 aromatic carbocycles. The first-order valence-electron chi connectivity index (χ1n) is 9.11. The molecule has 0 aliphatic heterocycles. The molecule has 3 nitrogen and oxygen atoms in total. The molecule has 0 atom stereocenters. The number of ketones is 1. The van der Waals surface area contributed by atoms with Crippen LogP contribution in [0.5, 0.6) is 0 Å². The smallest absolute Gasteiger partial charge is 0.316 e. The number of pyridine rings is 1. The van der Waals surface area contributed by atoms with Crippen LogP contribution in [0.25, 0.3) is 32.8 Å². The second kappa shape index (κ2) is 10.1. The molecule has 4 rings (SSSR count). The second-order valence-electron chi connectivity index (χ2n) is 6.69. The summed E-state index contributed by atoms with van der Waals surface area (Å²) in [5.74, 6) is 0.250. The molecule has 29 heavy (non-hydrogen) atoms. The van der Waals surface area contributed by atoms with Gasteiger partial charge in [-0.15, -0.1) is 35.9 Å². The van der Waals surface area contributed by atoms with Gasteiger partial charge in [-0.3, -0.25) is 4.79 Å². The first kappa shape index (κ1) is 22.5. The molecule has 0 amide bonds. The summed E-state index contributed by atoms with van der Waals surface area (Å²) in [4.78, 5) is 13.0. The van der Waals surface area contributed by atoms with E-state index in [9.17, 15) is 0 Å². The molecule has 0 saturated heterocycles. The minimum Gasteiger partial charge on any atom is -0.512 e. The Labute approximate surface area is 184 Å². The predicted molar refractivity (Wildman–Crippen MR) is 117 cm³/mol. The quantitative estimate of drug-likeness (QED) is 0.105. The van der Waals surface area contributed by atoms with Gasteiger partial charge in [0, 0.05) is 26.3 Å². The number of carbonyl (C=O) groups excluding carboxylic acids is 1. The minimum atomic E-state index is 0. The molecule has 4 heteroatoms. The van der Waals surface area contributed by atoms with Gasteiger partial charge in [-0.2, -0.15) is 0 Å².